The smallest absolute Gasteiger partial charge is 0.262 e. The number of nitrogens with one attached hydrogen (secondary N) is 1. The van der Waals surface area contributed by atoms with E-state index in [0.717, 1.165) is 21.6 Å². The molecule has 0 saturated carbocycles. The molecule has 2 aromatic carbocycles. The number of amides is 1. The van der Waals surface area contributed by atoms with Gasteiger partial charge in [-0.25, -0.2) is 4.98 Å². The lowest BCUT2D eigenvalue weighted by molar-refractivity contribution is -0.118. The quantitative estimate of drug-likeness (QED) is 0.397. The Bertz CT molecular complexity index is 1380. The summed E-state index contributed by atoms with van der Waals surface area (Å²) >= 11 is 1.52. The molecule has 2 heterocycles. The normalized spacial score (nSPS) is 10.9. The molecule has 0 aliphatic carbocycles. The molecule has 0 atom stereocenters. The number of carbonyl (C=O) groups excluding carboxylic acids is 1. The van der Waals surface area contributed by atoms with E-state index in [-0.39, 0.29) is 18.1 Å². The van der Waals surface area contributed by atoms with Gasteiger partial charge in [-0.3, -0.25) is 14.0 Å². The monoisotopic (exact) mass is 459 g/mol. The molecular weight excluding hydrogens is 434 g/mol. The lowest BCUT2D eigenvalue weighted by Gasteiger charge is -2.13. The van der Waals surface area contributed by atoms with Gasteiger partial charge in [0.2, 0.25) is 0 Å². The van der Waals surface area contributed by atoms with Crippen molar-refractivity contribution in [3.8, 4) is 5.75 Å². The summed E-state index contributed by atoms with van der Waals surface area (Å²) in [6.45, 7) is 5.87. The fourth-order valence-electron chi connectivity index (χ4n) is 3.47. The van der Waals surface area contributed by atoms with Crippen molar-refractivity contribution in [2.75, 3.05) is 11.9 Å². The van der Waals surface area contributed by atoms with Gasteiger partial charge in [-0.15, -0.1) is 11.8 Å². The van der Waals surface area contributed by atoms with Gasteiger partial charge in [0.1, 0.15) is 11.4 Å². The van der Waals surface area contributed by atoms with Crippen LogP contribution in [0.25, 0.3) is 5.65 Å². The van der Waals surface area contributed by atoms with Crippen molar-refractivity contribution in [3.05, 3.63) is 99.6 Å². The average Bonchev–Trinajstić information content (AvgIpc) is 2.77. The number of hydrogen-bond donors (Lipinski definition) is 1. The van der Waals surface area contributed by atoms with Gasteiger partial charge >= 0.3 is 0 Å². The first-order chi connectivity index (χ1) is 15.9. The number of benzene rings is 2. The highest BCUT2D eigenvalue weighted by molar-refractivity contribution is 7.98. The van der Waals surface area contributed by atoms with Crippen molar-refractivity contribution in [3.63, 3.8) is 0 Å². The van der Waals surface area contributed by atoms with E-state index in [2.05, 4.69) is 10.3 Å². The standard InChI is InChI=1S/C26H25N3O3S/c1-17-8-9-22(19(3)12-17)32-15-25(30)28-21-6-4-5-7-23(21)33-16-20-14-26(31)29-11-10-18(2)13-24(29)27-20/h4-14H,15-16H2,1-3H3,(H,28,30). The van der Waals surface area contributed by atoms with E-state index in [0.29, 0.717) is 28.5 Å². The SMILES string of the molecule is Cc1ccc(OCC(=O)Nc2ccccc2SCc2cc(=O)n3ccc(C)cc3n2)c(C)c1. The third-order valence-electron chi connectivity index (χ3n) is 5.10. The zero-order valence-corrected chi connectivity index (χ0v) is 19.6. The minimum atomic E-state index is -0.236. The molecule has 0 fully saturated rings. The number of aromatic nitrogens is 2. The minimum Gasteiger partial charge on any atom is -0.483 e. The van der Waals surface area contributed by atoms with Crippen molar-refractivity contribution in [1.82, 2.24) is 9.38 Å². The Kier molecular flexibility index (Phi) is 6.79. The number of para-hydroxylation sites is 1. The number of ether oxygens (including phenoxy) is 1. The summed E-state index contributed by atoms with van der Waals surface area (Å²) < 4.78 is 7.23. The number of hydrogen-bond acceptors (Lipinski definition) is 5. The van der Waals surface area contributed by atoms with Gasteiger partial charge in [0.05, 0.1) is 11.4 Å². The number of anilines is 1. The molecule has 2 aromatic heterocycles. The van der Waals surface area contributed by atoms with Crippen LogP contribution in [0.4, 0.5) is 5.69 Å². The van der Waals surface area contributed by atoms with Gasteiger partial charge in [-0.1, -0.05) is 29.8 Å². The van der Waals surface area contributed by atoms with E-state index in [1.54, 1.807) is 12.3 Å². The highest BCUT2D eigenvalue weighted by atomic mass is 32.2. The predicted molar refractivity (Wildman–Crippen MR) is 132 cm³/mol. The molecule has 168 valence electrons. The molecule has 0 spiro atoms. The molecule has 4 rings (SSSR count). The summed E-state index contributed by atoms with van der Waals surface area (Å²) in [6.07, 6.45) is 1.74. The fraction of sp³-hybridized carbons (Fsp3) is 0.192. The number of nitrogens with zero attached hydrogens (tertiary/aromatic N) is 2. The Morgan fingerprint density at radius 3 is 2.64 bits per heavy atom. The first-order valence-corrected chi connectivity index (χ1v) is 11.6. The van der Waals surface area contributed by atoms with Crippen LogP contribution in [-0.4, -0.2) is 21.9 Å². The van der Waals surface area contributed by atoms with Gasteiger partial charge in [0.15, 0.2) is 6.61 Å². The van der Waals surface area contributed by atoms with Crippen LogP contribution in [0.1, 0.15) is 22.4 Å². The van der Waals surface area contributed by atoms with Crippen LogP contribution in [0.3, 0.4) is 0 Å². The summed E-state index contributed by atoms with van der Waals surface area (Å²) in [4.78, 5) is 30.4. The van der Waals surface area contributed by atoms with Crippen molar-refractivity contribution >= 4 is 29.0 Å². The van der Waals surface area contributed by atoms with Crippen LogP contribution in [0.15, 0.2) is 76.6 Å². The topological polar surface area (TPSA) is 72.7 Å². The van der Waals surface area contributed by atoms with Crippen LogP contribution < -0.4 is 15.6 Å². The largest absolute Gasteiger partial charge is 0.483 e. The fourth-order valence-corrected chi connectivity index (χ4v) is 4.37. The third kappa shape index (κ3) is 5.62. The molecule has 0 aliphatic heterocycles. The molecule has 1 amide bonds. The highest BCUT2D eigenvalue weighted by Gasteiger charge is 2.10. The summed E-state index contributed by atoms with van der Waals surface area (Å²) in [5.74, 6) is 0.967. The maximum absolute atomic E-state index is 12.5. The number of fused-ring (bicyclic) bond motifs is 1. The van der Waals surface area contributed by atoms with Gasteiger partial charge in [-0.2, -0.15) is 0 Å². The number of carbonyl (C=O) groups is 1. The summed E-state index contributed by atoms with van der Waals surface area (Å²) in [5, 5.41) is 2.93. The maximum Gasteiger partial charge on any atom is 0.262 e. The van der Waals surface area contributed by atoms with Gasteiger partial charge in [-0.05, 0) is 62.2 Å². The van der Waals surface area contributed by atoms with Gasteiger partial charge in [0.25, 0.3) is 11.5 Å². The molecule has 33 heavy (non-hydrogen) atoms. The van der Waals surface area contributed by atoms with Crippen molar-refractivity contribution in [1.29, 1.82) is 0 Å². The summed E-state index contributed by atoms with van der Waals surface area (Å²) in [7, 11) is 0. The Morgan fingerprint density at radius 1 is 1.03 bits per heavy atom. The summed E-state index contributed by atoms with van der Waals surface area (Å²) in [6, 6.07) is 18.7. The highest BCUT2D eigenvalue weighted by Crippen LogP contribution is 2.29. The molecule has 0 aliphatic rings. The molecule has 0 radical (unpaired) electrons. The van der Waals surface area contributed by atoms with Crippen molar-refractivity contribution < 1.29 is 9.53 Å². The minimum absolute atomic E-state index is 0.0781. The molecule has 0 saturated heterocycles. The van der Waals surface area contributed by atoms with Crippen LogP contribution >= 0.6 is 11.8 Å². The molecule has 1 N–H and O–H groups in total. The number of thioether (sulfide) groups is 1. The first-order valence-electron chi connectivity index (χ1n) is 10.6. The number of aryl methyl sites for hydroxylation is 3. The van der Waals surface area contributed by atoms with Crippen LogP contribution in [0, 0.1) is 20.8 Å². The summed E-state index contributed by atoms with van der Waals surface area (Å²) in [5.41, 5.74) is 5.09. The average molecular weight is 460 g/mol. The van der Waals surface area contributed by atoms with E-state index in [1.165, 1.54) is 16.2 Å². The second-order valence-electron chi connectivity index (χ2n) is 7.91. The molecule has 0 bridgehead atoms. The Morgan fingerprint density at radius 2 is 1.82 bits per heavy atom. The zero-order valence-electron chi connectivity index (χ0n) is 18.8. The van der Waals surface area contributed by atoms with E-state index in [9.17, 15) is 9.59 Å². The second-order valence-corrected chi connectivity index (χ2v) is 8.93. The van der Waals surface area contributed by atoms with E-state index in [1.807, 2.05) is 75.4 Å². The van der Waals surface area contributed by atoms with E-state index >= 15 is 0 Å². The zero-order chi connectivity index (χ0) is 23.4. The molecular formula is C26H25N3O3S. The van der Waals surface area contributed by atoms with Gasteiger partial charge < -0.3 is 10.1 Å². The number of pyridine rings is 1. The van der Waals surface area contributed by atoms with Crippen LogP contribution in [0.5, 0.6) is 5.75 Å². The van der Waals surface area contributed by atoms with Crippen LogP contribution in [0.2, 0.25) is 0 Å². The Balaban J connectivity index is 1.43. The molecule has 4 aromatic rings. The van der Waals surface area contributed by atoms with E-state index < -0.39 is 0 Å². The van der Waals surface area contributed by atoms with Crippen molar-refractivity contribution in [2.24, 2.45) is 0 Å². The molecule has 6 nitrogen and oxygen atoms in total. The number of rotatable bonds is 7. The Labute approximate surface area is 196 Å². The predicted octanol–water partition coefficient (Wildman–Crippen LogP) is 4.93. The first kappa shape index (κ1) is 22.6. The Hall–Kier alpha value is -3.58. The lowest BCUT2D eigenvalue weighted by atomic mass is 10.1. The molecule has 0 unspecified atom stereocenters. The van der Waals surface area contributed by atoms with E-state index in [4.69, 9.17) is 4.74 Å². The lowest BCUT2D eigenvalue weighted by Crippen LogP contribution is -2.20. The second kappa shape index (κ2) is 9.92. The van der Waals surface area contributed by atoms with Crippen LogP contribution in [-0.2, 0) is 10.5 Å². The third-order valence-corrected chi connectivity index (χ3v) is 6.21. The van der Waals surface area contributed by atoms with Gasteiger partial charge in [0, 0.05) is 22.9 Å². The molecule has 7 heteroatoms. The maximum atomic E-state index is 12.5. The van der Waals surface area contributed by atoms with Crippen molar-refractivity contribution in [2.45, 2.75) is 31.4 Å².